The average molecular weight is 257 g/mol. The van der Waals surface area contributed by atoms with Gasteiger partial charge in [0.05, 0.1) is 12.7 Å². The molecule has 0 heterocycles. The van der Waals surface area contributed by atoms with Crippen molar-refractivity contribution in [1.82, 2.24) is 5.32 Å². The Kier molecular flexibility index (Phi) is 4.19. The summed E-state index contributed by atoms with van der Waals surface area (Å²) in [7, 11) is 0. The van der Waals surface area contributed by atoms with Crippen LogP contribution in [0.25, 0.3) is 0 Å². The van der Waals surface area contributed by atoms with Crippen LogP contribution in [0.15, 0.2) is 0 Å². The molecule has 1 N–H and O–H groups in total. The fourth-order valence-electron chi connectivity index (χ4n) is 2.19. The van der Waals surface area contributed by atoms with Gasteiger partial charge in [0.15, 0.2) is 5.78 Å². The first kappa shape index (κ1) is 15.1. The van der Waals surface area contributed by atoms with Crippen LogP contribution in [0.2, 0.25) is 0 Å². The Labute approximate surface area is 109 Å². The molecule has 0 saturated heterocycles. The molecule has 0 bridgehead atoms. The molecule has 104 valence electrons. The number of ketones is 1. The van der Waals surface area contributed by atoms with E-state index >= 15 is 0 Å². The van der Waals surface area contributed by atoms with Crippen molar-refractivity contribution >= 4 is 11.7 Å². The smallest absolute Gasteiger partial charge is 0.224 e. The Hall–Kier alpha value is -0.930. The molecule has 0 spiro atoms. The van der Waals surface area contributed by atoms with Gasteiger partial charge in [-0.2, -0.15) is 0 Å². The van der Waals surface area contributed by atoms with E-state index in [9.17, 15) is 14.0 Å². The molecular weight excluding hydrogens is 233 g/mol. The molecule has 3 nitrogen and oxygen atoms in total. The van der Waals surface area contributed by atoms with Crippen LogP contribution in [-0.2, 0) is 9.59 Å². The lowest BCUT2D eigenvalue weighted by Gasteiger charge is -2.30. The third-order valence-electron chi connectivity index (χ3n) is 3.80. The van der Waals surface area contributed by atoms with E-state index in [1.807, 2.05) is 20.8 Å². The number of hydrogen-bond donors (Lipinski definition) is 1. The summed E-state index contributed by atoms with van der Waals surface area (Å²) in [6.07, 6.45) is 0.972. The lowest BCUT2D eigenvalue weighted by molar-refractivity contribution is -0.131. The zero-order valence-corrected chi connectivity index (χ0v) is 12.0. The predicted molar refractivity (Wildman–Crippen MR) is 68.9 cm³/mol. The van der Waals surface area contributed by atoms with E-state index in [0.29, 0.717) is 12.8 Å². The van der Waals surface area contributed by atoms with Crippen molar-refractivity contribution in [1.29, 1.82) is 0 Å². The van der Waals surface area contributed by atoms with Crippen LogP contribution >= 0.6 is 0 Å². The molecule has 1 amide bonds. The van der Waals surface area contributed by atoms with Gasteiger partial charge in [-0.15, -0.1) is 0 Å². The van der Waals surface area contributed by atoms with Crippen molar-refractivity contribution in [3.05, 3.63) is 0 Å². The van der Waals surface area contributed by atoms with Gasteiger partial charge < -0.3 is 5.32 Å². The minimum absolute atomic E-state index is 0.0263. The normalized spacial score (nSPS) is 28.7. The van der Waals surface area contributed by atoms with Crippen LogP contribution in [0.3, 0.4) is 0 Å². The standard InChI is InChI=1S/C14H24FNO2/c1-6-10(17)11(13(2,3)4)16-12(18)9-7-14(9,5)8-15/h9,11H,6-8H2,1-5H3,(H,16,18)/t9?,11-,14?/m1/s1. The number of amides is 1. The highest BCUT2D eigenvalue weighted by atomic mass is 19.1. The summed E-state index contributed by atoms with van der Waals surface area (Å²) in [6.45, 7) is 8.85. The number of alkyl halides is 1. The fourth-order valence-corrected chi connectivity index (χ4v) is 2.19. The summed E-state index contributed by atoms with van der Waals surface area (Å²) >= 11 is 0. The fraction of sp³-hybridized carbons (Fsp3) is 0.857. The maximum absolute atomic E-state index is 12.7. The van der Waals surface area contributed by atoms with Gasteiger partial charge in [0.25, 0.3) is 0 Å². The number of Topliss-reactive ketones (excluding diaryl/α,β-unsaturated/α-hetero) is 1. The summed E-state index contributed by atoms with van der Waals surface area (Å²) in [5.74, 6) is -0.438. The van der Waals surface area contributed by atoms with Crippen molar-refractivity contribution in [2.75, 3.05) is 6.67 Å². The first-order chi connectivity index (χ1) is 8.15. The molecule has 0 aromatic carbocycles. The minimum atomic E-state index is -0.512. The second kappa shape index (κ2) is 4.98. The number of rotatable bonds is 5. The van der Waals surface area contributed by atoms with E-state index in [1.54, 1.807) is 13.8 Å². The third-order valence-corrected chi connectivity index (χ3v) is 3.80. The van der Waals surface area contributed by atoms with Crippen LogP contribution in [0.4, 0.5) is 4.39 Å². The number of carbonyl (C=O) groups excluding carboxylic acids is 2. The molecule has 0 radical (unpaired) electrons. The SMILES string of the molecule is CCC(=O)[C@@H](NC(=O)C1CC1(C)CF)C(C)(C)C. The Bertz CT molecular complexity index is 348. The Morgan fingerprint density at radius 2 is 2.00 bits per heavy atom. The van der Waals surface area contributed by atoms with Gasteiger partial charge in [-0.3, -0.25) is 14.0 Å². The molecule has 1 aliphatic rings. The zero-order valence-electron chi connectivity index (χ0n) is 12.0. The zero-order chi connectivity index (χ0) is 14.1. The molecule has 0 aromatic heterocycles. The summed E-state index contributed by atoms with van der Waals surface area (Å²) in [5, 5.41) is 2.80. The summed E-state index contributed by atoms with van der Waals surface area (Å²) in [5.41, 5.74) is -0.828. The first-order valence-corrected chi connectivity index (χ1v) is 6.54. The van der Waals surface area contributed by atoms with Gasteiger partial charge in [0, 0.05) is 17.8 Å². The van der Waals surface area contributed by atoms with Crippen molar-refractivity contribution in [2.24, 2.45) is 16.7 Å². The molecule has 1 saturated carbocycles. The van der Waals surface area contributed by atoms with Crippen molar-refractivity contribution in [3.63, 3.8) is 0 Å². The van der Waals surface area contributed by atoms with Crippen LogP contribution in [0, 0.1) is 16.7 Å². The van der Waals surface area contributed by atoms with Crippen LogP contribution in [0.1, 0.15) is 47.5 Å². The van der Waals surface area contributed by atoms with E-state index in [0.717, 1.165) is 0 Å². The van der Waals surface area contributed by atoms with E-state index in [4.69, 9.17) is 0 Å². The summed E-state index contributed by atoms with van der Waals surface area (Å²) < 4.78 is 12.7. The molecule has 0 aromatic rings. The minimum Gasteiger partial charge on any atom is -0.346 e. The lowest BCUT2D eigenvalue weighted by atomic mass is 9.83. The molecule has 18 heavy (non-hydrogen) atoms. The molecule has 1 fully saturated rings. The number of halogens is 1. The molecule has 0 aliphatic heterocycles. The summed E-state index contributed by atoms with van der Waals surface area (Å²) in [4.78, 5) is 23.9. The van der Waals surface area contributed by atoms with Crippen molar-refractivity contribution in [3.8, 4) is 0 Å². The molecule has 1 rings (SSSR count). The number of nitrogens with one attached hydrogen (secondary N) is 1. The number of carbonyl (C=O) groups is 2. The quantitative estimate of drug-likeness (QED) is 0.822. The van der Waals surface area contributed by atoms with Crippen LogP contribution < -0.4 is 5.32 Å². The van der Waals surface area contributed by atoms with Gasteiger partial charge in [-0.05, 0) is 11.8 Å². The van der Waals surface area contributed by atoms with Gasteiger partial charge >= 0.3 is 0 Å². The largest absolute Gasteiger partial charge is 0.346 e. The van der Waals surface area contributed by atoms with Gasteiger partial charge in [-0.1, -0.05) is 34.6 Å². The first-order valence-electron chi connectivity index (χ1n) is 6.54. The van der Waals surface area contributed by atoms with E-state index in [1.165, 1.54) is 0 Å². The monoisotopic (exact) mass is 257 g/mol. The Morgan fingerprint density at radius 1 is 1.44 bits per heavy atom. The molecule has 3 atom stereocenters. The van der Waals surface area contributed by atoms with E-state index in [-0.39, 0.29) is 23.0 Å². The van der Waals surface area contributed by atoms with Crippen LogP contribution in [-0.4, -0.2) is 24.4 Å². The predicted octanol–water partition coefficient (Wildman–Crippen LogP) is 2.49. The Balaban J connectivity index is 2.69. The second-order valence-electron chi connectivity index (χ2n) is 6.67. The van der Waals surface area contributed by atoms with Gasteiger partial charge in [0.1, 0.15) is 0 Å². The van der Waals surface area contributed by atoms with E-state index in [2.05, 4.69) is 5.32 Å². The molecule has 1 aliphatic carbocycles. The number of hydrogen-bond acceptors (Lipinski definition) is 2. The topological polar surface area (TPSA) is 46.2 Å². The Morgan fingerprint density at radius 3 is 2.33 bits per heavy atom. The average Bonchev–Trinajstić information content (AvgIpc) is 2.96. The lowest BCUT2D eigenvalue weighted by Crippen LogP contribution is -2.49. The summed E-state index contributed by atoms with van der Waals surface area (Å²) in [6, 6.07) is -0.487. The van der Waals surface area contributed by atoms with Crippen molar-refractivity contribution < 1.29 is 14.0 Å². The highest BCUT2D eigenvalue weighted by molar-refractivity contribution is 5.91. The maximum atomic E-state index is 12.7. The second-order valence-corrected chi connectivity index (χ2v) is 6.67. The maximum Gasteiger partial charge on any atom is 0.224 e. The highest BCUT2D eigenvalue weighted by Gasteiger charge is 2.55. The van der Waals surface area contributed by atoms with E-state index < -0.39 is 18.1 Å². The van der Waals surface area contributed by atoms with Crippen molar-refractivity contribution in [2.45, 2.75) is 53.5 Å². The third kappa shape index (κ3) is 3.09. The molecule has 2 unspecified atom stereocenters. The molecule has 4 heteroatoms. The van der Waals surface area contributed by atoms with Gasteiger partial charge in [0.2, 0.25) is 5.91 Å². The van der Waals surface area contributed by atoms with Gasteiger partial charge in [-0.25, -0.2) is 0 Å². The highest BCUT2D eigenvalue weighted by Crippen LogP contribution is 2.52. The molecular formula is C14H24FNO2. The van der Waals surface area contributed by atoms with Crippen LogP contribution in [0.5, 0.6) is 0 Å².